The Kier molecular flexibility index (Phi) is 14.8. The summed E-state index contributed by atoms with van der Waals surface area (Å²) in [7, 11) is 0. The first-order valence-corrected chi connectivity index (χ1v) is 11.9. The lowest BCUT2D eigenvalue weighted by Crippen LogP contribution is -2.49. The van der Waals surface area contributed by atoms with E-state index >= 15 is 0 Å². The molecular weight excluding hydrogens is 444 g/mol. The molecule has 1 aliphatic rings. The topological polar surface area (TPSA) is 109 Å². The molecule has 1 aliphatic heterocycles. The highest BCUT2D eigenvalue weighted by Gasteiger charge is 2.22. The molecule has 1 amide bonds. The summed E-state index contributed by atoms with van der Waals surface area (Å²) in [5.74, 6) is -1.22. The van der Waals surface area contributed by atoms with Crippen LogP contribution in [0.4, 0.5) is 0 Å². The molecule has 0 aromatic heterocycles. The van der Waals surface area contributed by atoms with Crippen LogP contribution in [0.2, 0.25) is 0 Å². The molecule has 0 aliphatic carbocycles. The van der Waals surface area contributed by atoms with Gasteiger partial charge in [-0.2, -0.15) is 0 Å². The number of nitrogens with zero attached hydrogens (tertiary/aromatic N) is 4. The molecule has 1 rings (SSSR count). The molecule has 11 nitrogen and oxygen atoms in total. The van der Waals surface area contributed by atoms with Crippen LogP contribution in [0.15, 0.2) is 12.7 Å². The average molecular weight is 485 g/mol. The van der Waals surface area contributed by atoms with Crippen LogP contribution in [0, 0.1) is 0 Å². The van der Waals surface area contributed by atoms with Crippen LogP contribution in [0.25, 0.3) is 0 Å². The first-order chi connectivity index (χ1) is 16.3. The van der Waals surface area contributed by atoms with Gasteiger partial charge in [-0.05, 0) is 26.8 Å². The van der Waals surface area contributed by atoms with E-state index in [1.54, 1.807) is 25.7 Å². The molecule has 0 bridgehead atoms. The Labute approximate surface area is 202 Å². The van der Waals surface area contributed by atoms with Gasteiger partial charge in [0, 0.05) is 52.4 Å². The van der Waals surface area contributed by atoms with Gasteiger partial charge in [-0.3, -0.25) is 33.9 Å². The first-order valence-electron chi connectivity index (χ1n) is 11.9. The van der Waals surface area contributed by atoms with Crippen LogP contribution in [0.1, 0.15) is 20.8 Å². The van der Waals surface area contributed by atoms with Crippen LogP contribution < -0.4 is 0 Å². The third-order valence-electron chi connectivity index (χ3n) is 5.30. The SMILES string of the molecule is C=CC(=O)N1CCN(CC(=O)OCC)CCN(CC(=O)OCC)CCN(CC(=O)OCC)CC1. The van der Waals surface area contributed by atoms with Gasteiger partial charge in [0.1, 0.15) is 0 Å². The summed E-state index contributed by atoms with van der Waals surface area (Å²) in [6, 6.07) is 0. The summed E-state index contributed by atoms with van der Waals surface area (Å²) < 4.78 is 15.3. The number of carbonyl (C=O) groups is 4. The van der Waals surface area contributed by atoms with Gasteiger partial charge in [0.15, 0.2) is 0 Å². The third kappa shape index (κ3) is 12.1. The number of carbonyl (C=O) groups excluding carboxylic acids is 4. The van der Waals surface area contributed by atoms with Crippen molar-refractivity contribution < 1.29 is 33.4 Å². The van der Waals surface area contributed by atoms with Crippen molar-refractivity contribution in [2.75, 3.05) is 91.8 Å². The average Bonchev–Trinajstić information content (AvgIpc) is 2.79. The van der Waals surface area contributed by atoms with Gasteiger partial charge in [0.05, 0.1) is 39.5 Å². The van der Waals surface area contributed by atoms with Crippen molar-refractivity contribution in [3.63, 3.8) is 0 Å². The van der Waals surface area contributed by atoms with Crippen molar-refractivity contribution in [2.24, 2.45) is 0 Å². The maximum atomic E-state index is 12.4. The molecule has 11 heteroatoms. The summed E-state index contributed by atoms with van der Waals surface area (Å²) in [4.78, 5) is 56.2. The molecule has 0 atom stereocenters. The standard InChI is InChI=1S/C23H40N4O7/c1-5-20(28)27-15-13-25(18-22(30)33-7-3)11-9-24(17-21(29)32-6-2)10-12-26(14-16-27)19-23(31)34-8-4/h5H,1,6-19H2,2-4H3. The minimum atomic E-state index is -0.339. The summed E-state index contributed by atoms with van der Waals surface area (Å²) in [6.07, 6.45) is 1.26. The molecule has 0 unspecified atom stereocenters. The Bertz CT molecular complexity index is 638. The monoisotopic (exact) mass is 484 g/mol. The Hall–Kier alpha value is -2.50. The largest absolute Gasteiger partial charge is 0.465 e. The van der Waals surface area contributed by atoms with Crippen molar-refractivity contribution in [3.8, 4) is 0 Å². The zero-order valence-electron chi connectivity index (χ0n) is 20.8. The summed E-state index contributed by atoms with van der Waals surface area (Å²) in [5.41, 5.74) is 0. The minimum absolute atomic E-state index is 0.0895. The predicted octanol–water partition coefficient (Wildman–Crippen LogP) is -0.390. The van der Waals surface area contributed by atoms with E-state index in [0.717, 1.165) is 0 Å². The van der Waals surface area contributed by atoms with Crippen molar-refractivity contribution in [1.29, 1.82) is 0 Å². The molecule has 1 fully saturated rings. The zero-order valence-corrected chi connectivity index (χ0v) is 20.8. The second-order valence-corrected chi connectivity index (χ2v) is 7.77. The van der Waals surface area contributed by atoms with Gasteiger partial charge in [-0.15, -0.1) is 0 Å². The van der Waals surface area contributed by atoms with Crippen LogP contribution in [-0.2, 0) is 33.4 Å². The lowest BCUT2D eigenvalue weighted by atomic mass is 10.3. The molecule has 34 heavy (non-hydrogen) atoms. The lowest BCUT2D eigenvalue weighted by molar-refractivity contribution is -0.146. The smallest absolute Gasteiger partial charge is 0.320 e. The van der Waals surface area contributed by atoms with Gasteiger partial charge in [0.2, 0.25) is 5.91 Å². The fraction of sp³-hybridized carbons (Fsp3) is 0.739. The molecule has 0 saturated carbocycles. The normalized spacial score (nSPS) is 17.2. The fourth-order valence-electron chi connectivity index (χ4n) is 3.53. The highest BCUT2D eigenvalue weighted by molar-refractivity contribution is 5.87. The number of hydrogen-bond donors (Lipinski definition) is 0. The van der Waals surface area contributed by atoms with E-state index in [-0.39, 0.29) is 43.4 Å². The van der Waals surface area contributed by atoms with Gasteiger partial charge < -0.3 is 19.1 Å². The Balaban J connectivity index is 3.02. The Morgan fingerprint density at radius 3 is 1.18 bits per heavy atom. The highest BCUT2D eigenvalue weighted by Crippen LogP contribution is 2.03. The molecule has 1 saturated heterocycles. The van der Waals surface area contributed by atoms with Crippen molar-refractivity contribution >= 4 is 23.8 Å². The number of esters is 3. The van der Waals surface area contributed by atoms with E-state index in [2.05, 4.69) is 6.58 Å². The van der Waals surface area contributed by atoms with Crippen LogP contribution in [0.5, 0.6) is 0 Å². The first kappa shape index (κ1) is 29.5. The molecular formula is C23H40N4O7. The molecule has 0 spiro atoms. The predicted molar refractivity (Wildman–Crippen MR) is 126 cm³/mol. The summed E-state index contributed by atoms with van der Waals surface area (Å²) >= 11 is 0. The van der Waals surface area contributed by atoms with Crippen LogP contribution >= 0.6 is 0 Å². The van der Waals surface area contributed by atoms with Gasteiger partial charge in [-0.25, -0.2) is 0 Å². The zero-order chi connectivity index (χ0) is 25.3. The highest BCUT2D eigenvalue weighted by atomic mass is 16.5. The van der Waals surface area contributed by atoms with E-state index in [9.17, 15) is 19.2 Å². The van der Waals surface area contributed by atoms with Crippen LogP contribution in [-0.4, -0.2) is 135 Å². The van der Waals surface area contributed by atoms with Crippen molar-refractivity contribution in [3.05, 3.63) is 12.7 Å². The molecule has 0 radical (unpaired) electrons. The second kappa shape index (κ2) is 17.0. The van der Waals surface area contributed by atoms with Gasteiger partial charge in [0.25, 0.3) is 0 Å². The number of amides is 1. The van der Waals surface area contributed by atoms with Crippen molar-refractivity contribution in [1.82, 2.24) is 19.6 Å². The lowest BCUT2D eigenvalue weighted by Gasteiger charge is -2.33. The molecule has 0 aromatic rings. The third-order valence-corrected chi connectivity index (χ3v) is 5.30. The molecule has 0 N–H and O–H groups in total. The molecule has 194 valence electrons. The van der Waals surface area contributed by atoms with E-state index in [1.807, 2.05) is 14.7 Å². The maximum absolute atomic E-state index is 12.4. The van der Waals surface area contributed by atoms with E-state index in [0.29, 0.717) is 72.2 Å². The van der Waals surface area contributed by atoms with Gasteiger partial charge >= 0.3 is 17.9 Å². The van der Waals surface area contributed by atoms with Crippen LogP contribution in [0.3, 0.4) is 0 Å². The number of ether oxygens (including phenoxy) is 3. The molecule has 0 aromatic carbocycles. The minimum Gasteiger partial charge on any atom is -0.465 e. The van der Waals surface area contributed by atoms with Gasteiger partial charge in [-0.1, -0.05) is 6.58 Å². The Morgan fingerprint density at radius 1 is 0.618 bits per heavy atom. The number of hydrogen-bond acceptors (Lipinski definition) is 10. The number of rotatable bonds is 10. The van der Waals surface area contributed by atoms with E-state index < -0.39 is 0 Å². The Morgan fingerprint density at radius 2 is 0.912 bits per heavy atom. The quantitative estimate of drug-likeness (QED) is 0.231. The summed E-state index contributed by atoms with van der Waals surface area (Å²) in [6.45, 7) is 13.7. The van der Waals surface area contributed by atoms with E-state index in [4.69, 9.17) is 14.2 Å². The fourth-order valence-corrected chi connectivity index (χ4v) is 3.53. The summed E-state index contributed by atoms with van der Waals surface area (Å²) in [5, 5.41) is 0. The maximum Gasteiger partial charge on any atom is 0.320 e. The van der Waals surface area contributed by atoms with E-state index in [1.165, 1.54) is 6.08 Å². The molecule has 1 heterocycles. The van der Waals surface area contributed by atoms with Crippen molar-refractivity contribution in [2.45, 2.75) is 20.8 Å². The second-order valence-electron chi connectivity index (χ2n) is 7.77.